The molecule has 0 saturated carbocycles. The molecule has 6 nitrogen and oxygen atoms in total. The summed E-state index contributed by atoms with van der Waals surface area (Å²) in [7, 11) is 0. The number of rotatable bonds is 3. The Hall–Kier alpha value is -4.09. The van der Waals surface area contributed by atoms with E-state index in [1.165, 1.54) is 24.3 Å². The Bertz CT molecular complexity index is 929. The molecule has 0 saturated heterocycles. The predicted octanol–water partition coefficient (Wildman–Crippen LogP) is 3.17. The Balaban J connectivity index is 0.000000427. The third-order valence-electron chi connectivity index (χ3n) is 3.71. The Kier molecular flexibility index (Phi) is 16.3. The van der Waals surface area contributed by atoms with Gasteiger partial charge in [0.1, 0.15) is 0 Å². The molecular formula is C27H22O6Zn. The van der Waals surface area contributed by atoms with Crippen LogP contribution >= 0.6 is 0 Å². The maximum Gasteiger partial charge on any atom is 2.00 e. The number of hydrogen-bond acceptors (Lipinski definition) is 5. The van der Waals surface area contributed by atoms with Crippen LogP contribution in [0.3, 0.4) is 0 Å². The summed E-state index contributed by atoms with van der Waals surface area (Å²) < 4.78 is 0. The van der Waals surface area contributed by atoms with Gasteiger partial charge in [-0.1, -0.05) is 115 Å². The van der Waals surface area contributed by atoms with Gasteiger partial charge in [-0.05, 0) is 23.3 Å². The second kappa shape index (κ2) is 18.5. The predicted molar refractivity (Wildman–Crippen MR) is 121 cm³/mol. The van der Waals surface area contributed by atoms with E-state index in [4.69, 9.17) is 5.11 Å². The van der Waals surface area contributed by atoms with Gasteiger partial charge in [0.05, 0.1) is 17.5 Å². The topological polar surface area (TPSA) is 118 Å². The van der Waals surface area contributed by atoms with Crippen LogP contribution in [0.2, 0.25) is 0 Å². The second-order valence-electron chi connectivity index (χ2n) is 6.13. The largest absolute Gasteiger partial charge is 2.00 e. The van der Waals surface area contributed by atoms with Crippen molar-refractivity contribution in [2.75, 3.05) is 0 Å². The Morgan fingerprint density at radius 3 is 0.794 bits per heavy atom. The summed E-state index contributed by atoms with van der Waals surface area (Å²) in [4.78, 5) is 30.4. The first-order valence-corrected chi connectivity index (χ1v) is 9.73. The standard InChI is InChI=1S/3C7H6O2.C6H6.Zn/c3*8-7(9)6-4-2-1-3-5-6;1-2-4-6-5-3-1;/h3*1-5H,(H,8,9);1-6H;/q;;;;+2/p-2. The maximum absolute atomic E-state index is 10.2. The fourth-order valence-electron chi connectivity index (χ4n) is 2.11. The van der Waals surface area contributed by atoms with E-state index < -0.39 is 17.9 Å². The van der Waals surface area contributed by atoms with Crippen molar-refractivity contribution in [3.63, 3.8) is 0 Å². The smallest absolute Gasteiger partial charge is 0.545 e. The zero-order valence-corrected chi connectivity index (χ0v) is 21.3. The van der Waals surface area contributed by atoms with E-state index in [0.29, 0.717) is 5.56 Å². The van der Waals surface area contributed by atoms with Crippen molar-refractivity contribution in [1.82, 2.24) is 0 Å². The van der Waals surface area contributed by atoms with Crippen molar-refractivity contribution in [3.8, 4) is 0 Å². The molecular weight excluding hydrogens is 486 g/mol. The molecule has 0 fully saturated rings. The fraction of sp³-hybridized carbons (Fsp3) is 0. The fourth-order valence-corrected chi connectivity index (χ4v) is 2.11. The van der Waals surface area contributed by atoms with E-state index >= 15 is 0 Å². The van der Waals surface area contributed by atoms with Gasteiger partial charge in [-0.25, -0.2) is 4.79 Å². The Morgan fingerprint density at radius 2 is 0.647 bits per heavy atom. The van der Waals surface area contributed by atoms with Crippen molar-refractivity contribution in [1.29, 1.82) is 0 Å². The van der Waals surface area contributed by atoms with Gasteiger partial charge in [-0.3, -0.25) is 0 Å². The van der Waals surface area contributed by atoms with E-state index in [2.05, 4.69) is 0 Å². The van der Waals surface area contributed by atoms with E-state index in [9.17, 15) is 24.6 Å². The average Bonchev–Trinajstić information content (AvgIpc) is 2.88. The van der Waals surface area contributed by atoms with Gasteiger partial charge in [0.15, 0.2) is 0 Å². The minimum atomic E-state index is -1.13. The number of benzene rings is 4. The first-order chi connectivity index (χ1) is 15.9. The molecule has 0 bridgehead atoms. The first kappa shape index (κ1) is 29.9. The number of carbonyl (C=O) groups excluding carboxylic acids is 2. The molecule has 34 heavy (non-hydrogen) atoms. The van der Waals surface area contributed by atoms with Gasteiger partial charge in [-0.2, -0.15) is 0 Å². The SMILES string of the molecule is O=C(O)c1ccccc1.O=C([O-])c1ccccc1.O=C([O-])c1ccccc1.[Zn+2].c1ccccc1. The zero-order valence-electron chi connectivity index (χ0n) is 18.3. The number of carboxylic acid groups (broad SMARTS) is 3. The van der Waals surface area contributed by atoms with Gasteiger partial charge in [0.25, 0.3) is 0 Å². The van der Waals surface area contributed by atoms with Crippen LogP contribution in [0, 0.1) is 0 Å². The minimum absolute atomic E-state index is 0. The summed E-state index contributed by atoms with van der Waals surface area (Å²) in [5.74, 6) is -3.14. The average molecular weight is 508 g/mol. The van der Waals surface area contributed by atoms with Crippen LogP contribution in [-0.2, 0) is 19.5 Å². The molecule has 0 aromatic heterocycles. The molecule has 0 aliphatic heterocycles. The van der Waals surface area contributed by atoms with Gasteiger partial charge < -0.3 is 24.9 Å². The quantitative estimate of drug-likeness (QED) is 0.426. The molecule has 1 N–H and O–H groups in total. The summed E-state index contributed by atoms with van der Waals surface area (Å²) in [6.07, 6.45) is 0. The molecule has 0 spiro atoms. The molecule has 0 amide bonds. The van der Waals surface area contributed by atoms with Crippen molar-refractivity contribution in [3.05, 3.63) is 144 Å². The van der Waals surface area contributed by atoms with E-state index in [0.717, 1.165) is 0 Å². The third-order valence-corrected chi connectivity index (χ3v) is 3.71. The van der Waals surface area contributed by atoms with Crippen molar-refractivity contribution >= 4 is 17.9 Å². The molecule has 0 aliphatic carbocycles. The monoisotopic (exact) mass is 506 g/mol. The second-order valence-corrected chi connectivity index (χ2v) is 6.13. The molecule has 0 unspecified atom stereocenters. The van der Waals surface area contributed by atoms with E-state index in [-0.39, 0.29) is 30.6 Å². The van der Waals surface area contributed by atoms with Crippen LogP contribution in [-0.4, -0.2) is 23.0 Å². The summed E-state index contributed by atoms with van der Waals surface area (Å²) in [6, 6.07) is 36.4. The van der Waals surface area contributed by atoms with Crippen LogP contribution in [0.15, 0.2) is 127 Å². The number of carboxylic acids is 3. The molecule has 0 aliphatic rings. The molecule has 0 radical (unpaired) electrons. The summed E-state index contributed by atoms with van der Waals surface area (Å²) in [6.45, 7) is 0. The normalized spacial score (nSPS) is 8.47. The van der Waals surface area contributed by atoms with Gasteiger partial charge in [-0.15, -0.1) is 0 Å². The van der Waals surface area contributed by atoms with Crippen molar-refractivity contribution in [2.24, 2.45) is 0 Å². The molecule has 7 heteroatoms. The molecule has 4 rings (SSSR count). The molecule has 0 heterocycles. The van der Waals surface area contributed by atoms with Gasteiger partial charge in [0.2, 0.25) is 0 Å². The van der Waals surface area contributed by atoms with Crippen LogP contribution < -0.4 is 10.2 Å². The summed E-state index contributed by atoms with van der Waals surface area (Å²) in [5.41, 5.74) is 0.771. The van der Waals surface area contributed by atoms with Crippen LogP contribution in [0.5, 0.6) is 0 Å². The Labute approximate surface area is 210 Å². The molecule has 4 aromatic rings. The summed E-state index contributed by atoms with van der Waals surface area (Å²) >= 11 is 0. The number of hydrogen-bond donors (Lipinski definition) is 1. The van der Waals surface area contributed by atoms with Gasteiger partial charge >= 0.3 is 25.4 Å². The first-order valence-electron chi connectivity index (χ1n) is 9.73. The van der Waals surface area contributed by atoms with Crippen LogP contribution in [0.1, 0.15) is 31.1 Å². The van der Waals surface area contributed by atoms with Gasteiger partial charge in [0, 0.05) is 0 Å². The molecule has 4 aromatic carbocycles. The van der Waals surface area contributed by atoms with E-state index in [1.54, 1.807) is 66.7 Å². The minimum Gasteiger partial charge on any atom is -0.545 e. The third kappa shape index (κ3) is 14.1. The Morgan fingerprint density at radius 1 is 0.441 bits per heavy atom. The maximum atomic E-state index is 10.2. The van der Waals surface area contributed by atoms with Crippen LogP contribution in [0.25, 0.3) is 0 Å². The van der Waals surface area contributed by atoms with Crippen molar-refractivity contribution in [2.45, 2.75) is 0 Å². The van der Waals surface area contributed by atoms with Crippen LogP contribution in [0.4, 0.5) is 0 Å². The molecule has 168 valence electrons. The number of aromatic carboxylic acids is 3. The number of carbonyl (C=O) groups is 3. The summed E-state index contributed by atoms with van der Waals surface area (Å²) in [5, 5.41) is 28.6. The molecule has 0 atom stereocenters. The van der Waals surface area contributed by atoms with E-state index in [1.807, 2.05) is 36.4 Å². The zero-order chi connectivity index (χ0) is 24.3. The van der Waals surface area contributed by atoms with Crippen molar-refractivity contribution < 1.29 is 49.2 Å².